The second-order valence-electron chi connectivity index (χ2n) is 3.48. The molecule has 2 nitrogen and oxygen atoms in total. The molecule has 1 aromatic carbocycles. The van der Waals surface area contributed by atoms with Crippen molar-refractivity contribution in [3.63, 3.8) is 0 Å². The smallest absolute Gasteiger partial charge is 0.119 e. The van der Waals surface area contributed by atoms with Gasteiger partial charge in [-0.3, -0.25) is 0 Å². The molecule has 0 radical (unpaired) electrons. The highest BCUT2D eigenvalue weighted by molar-refractivity contribution is 5.38. The zero-order valence-electron chi connectivity index (χ0n) is 10.0. The molecule has 0 spiro atoms. The Bertz CT molecular complexity index is 307. The van der Waals surface area contributed by atoms with Gasteiger partial charge in [0.15, 0.2) is 0 Å². The monoisotopic (exact) mass is 208 g/mol. The van der Waals surface area contributed by atoms with Crippen LogP contribution in [0.5, 0.6) is 5.75 Å². The van der Waals surface area contributed by atoms with Crippen molar-refractivity contribution in [3.8, 4) is 5.75 Å². The summed E-state index contributed by atoms with van der Waals surface area (Å²) in [6.07, 6.45) is 0. The lowest BCUT2D eigenvalue weighted by Crippen LogP contribution is -2.13. The standard InChI is InChI=1S/C11H14O2.C2H6/c1-8-6-13-7-9-3-4-10(12-2)5-11(8)9;1-2/h3-5,8H,6-7H2,1-2H3;1-2H3. The third-order valence-corrected chi connectivity index (χ3v) is 2.51. The van der Waals surface area contributed by atoms with Gasteiger partial charge in [0.2, 0.25) is 0 Å². The Kier molecular flexibility index (Phi) is 4.63. The second-order valence-corrected chi connectivity index (χ2v) is 3.48. The molecule has 1 aliphatic heterocycles. The van der Waals surface area contributed by atoms with E-state index in [0.29, 0.717) is 5.92 Å². The number of rotatable bonds is 1. The maximum absolute atomic E-state index is 5.44. The molecular formula is C13H20O2. The first kappa shape index (κ1) is 12.1. The first-order chi connectivity index (χ1) is 7.31. The normalized spacial score (nSPS) is 18.5. The fourth-order valence-electron chi connectivity index (χ4n) is 1.73. The van der Waals surface area contributed by atoms with E-state index in [1.165, 1.54) is 11.1 Å². The van der Waals surface area contributed by atoms with Crippen molar-refractivity contribution in [2.75, 3.05) is 13.7 Å². The maximum Gasteiger partial charge on any atom is 0.119 e. The molecule has 0 bridgehead atoms. The number of ether oxygens (including phenoxy) is 2. The molecule has 0 aromatic heterocycles. The Morgan fingerprint density at radius 3 is 2.73 bits per heavy atom. The minimum absolute atomic E-state index is 0.485. The van der Waals surface area contributed by atoms with Crippen LogP contribution in [0.2, 0.25) is 0 Å². The highest BCUT2D eigenvalue weighted by Crippen LogP contribution is 2.29. The number of hydrogen-bond acceptors (Lipinski definition) is 2. The largest absolute Gasteiger partial charge is 0.497 e. The zero-order valence-corrected chi connectivity index (χ0v) is 10.0. The predicted molar refractivity (Wildman–Crippen MR) is 62.4 cm³/mol. The van der Waals surface area contributed by atoms with Crippen molar-refractivity contribution in [1.29, 1.82) is 0 Å². The van der Waals surface area contributed by atoms with Crippen LogP contribution in [-0.2, 0) is 11.3 Å². The van der Waals surface area contributed by atoms with Gasteiger partial charge in [0.05, 0.1) is 20.3 Å². The van der Waals surface area contributed by atoms with E-state index >= 15 is 0 Å². The van der Waals surface area contributed by atoms with E-state index < -0.39 is 0 Å². The lowest BCUT2D eigenvalue weighted by molar-refractivity contribution is 0.0949. The van der Waals surface area contributed by atoms with E-state index in [0.717, 1.165) is 19.0 Å². The maximum atomic E-state index is 5.44. The Morgan fingerprint density at radius 2 is 2.07 bits per heavy atom. The number of fused-ring (bicyclic) bond motifs is 1. The van der Waals surface area contributed by atoms with Crippen LogP contribution < -0.4 is 4.74 Å². The van der Waals surface area contributed by atoms with Crippen molar-refractivity contribution >= 4 is 0 Å². The third kappa shape index (κ3) is 2.72. The molecule has 0 aliphatic carbocycles. The molecule has 1 aliphatic rings. The zero-order chi connectivity index (χ0) is 11.3. The number of benzene rings is 1. The molecule has 84 valence electrons. The van der Waals surface area contributed by atoms with Crippen LogP contribution in [0.25, 0.3) is 0 Å². The fraction of sp³-hybridized carbons (Fsp3) is 0.538. The van der Waals surface area contributed by atoms with Crippen LogP contribution in [0.1, 0.15) is 37.8 Å². The van der Waals surface area contributed by atoms with Crippen molar-refractivity contribution in [3.05, 3.63) is 29.3 Å². The van der Waals surface area contributed by atoms with Crippen LogP contribution in [0, 0.1) is 0 Å². The molecule has 0 N–H and O–H groups in total. The first-order valence-corrected chi connectivity index (χ1v) is 5.56. The Balaban J connectivity index is 0.000000531. The SMILES string of the molecule is CC.COc1ccc2c(c1)C(C)COC2. The van der Waals surface area contributed by atoms with Crippen LogP contribution in [-0.4, -0.2) is 13.7 Å². The summed E-state index contributed by atoms with van der Waals surface area (Å²) in [4.78, 5) is 0. The molecule has 0 saturated heterocycles. The van der Waals surface area contributed by atoms with E-state index in [1.54, 1.807) is 7.11 Å². The summed E-state index contributed by atoms with van der Waals surface area (Å²) in [6, 6.07) is 6.19. The average molecular weight is 208 g/mol. The van der Waals surface area contributed by atoms with Gasteiger partial charge in [0, 0.05) is 5.92 Å². The molecule has 1 aromatic rings. The highest BCUT2D eigenvalue weighted by Gasteiger charge is 2.16. The summed E-state index contributed by atoms with van der Waals surface area (Å²) in [5.74, 6) is 1.42. The van der Waals surface area contributed by atoms with Crippen molar-refractivity contribution < 1.29 is 9.47 Å². The van der Waals surface area contributed by atoms with Crippen LogP contribution in [0.3, 0.4) is 0 Å². The van der Waals surface area contributed by atoms with Gasteiger partial charge in [-0.15, -0.1) is 0 Å². The van der Waals surface area contributed by atoms with Crippen LogP contribution in [0.4, 0.5) is 0 Å². The van der Waals surface area contributed by atoms with Gasteiger partial charge in [0.1, 0.15) is 5.75 Å². The predicted octanol–water partition coefficient (Wildman–Crippen LogP) is 3.36. The first-order valence-electron chi connectivity index (χ1n) is 5.56. The van der Waals surface area contributed by atoms with Gasteiger partial charge >= 0.3 is 0 Å². The van der Waals surface area contributed by atoms with Gasteiger partial charge in [-0.1, -0.05) is 26.8 Å². The molecule has 2 heteroatoms. The molecule has 1 heterocycles. The summed E-state index contributed by atoms with van der Waals surface area (Å²) in [7, 11) is 1.70. The summed E-state index contributed by atoms with van der Waals surface area (Å²) in [5.41, 5.74) is 2.66. The van der Waals surface area contributed by atoms with E-state index in [-0.39, 0.29) is 0 Å². The minimum atomic E-state index is 0.485. The molecular weight excluding hydrogens is 188 g/mol. The minimum Gasteiger partial charge on any atom is -0.497 e. The molecule has 0 saturated carbocycles. The van der Waals surface area contributed by atoms with Gasteiger partial charge in [-0.05, 0) is 23.3 Å². The Morgan fingerprint density at radius 1 is 1.33 bits per heavy atom. The van der Waals surface area contributed by atoms with Crippen molar-refractivity contribution in [1.82, 2.24) is 0 Å². The van der Waals surface area contributed by atoms with Gasteiger partial charge in [0.25, 0.3) is 0 Å². The number of methoxy groups -OCH3 is 1. The Hall–Kier alpha value is -1.02. The number of hydrogen-bond donors (Lipinski definition) is 0. The van der Waals surface area contributed by atoms with Crippen LogP contribution >= 0.6 is 0 Å². The van der Waals surface area contributed by atoms with Crippen molar-refractivity contribution in [2.24, 2.45) is 0 Å². The van der Waals surface area contributed by atoms with E-state index in [1.807, 2.05) is 19.9 Å². The van der Waals surface area contributed by atoms with Gasteiger partial charge in [-0.25, -0.2) is 0 Å². The van der Waals surface area contributed by atoms with Crippen LogP contribution in [0.15, 0.2) is 18.2 Å². The highest BCUT2D eigenvalue weighted by atomic mass is 16.5. The summed E-state index contributed by atoms with van der Waals surface area (Å²) >= 11 is 0. The van der Waals surface area contributed by atoms with E-state index in [9.17, 15) is 0 Å². The molecule has 1 unspecified atom stereocenters. The summed E-state index contributed by atoms with van der Waals surface area (Å²) in [5, 5.41) is 0. The molecule has 2 rings (SSSR count). The molecule has 15 heavy (non-hydrogen) atoms. The van der Waals surface area contributed by atoms with Gasteiger partial charge in [-0.2, -0.15) is 0 Å². The lowest BCUT2D eigenvalue weighted by Gasteiger charge is -2.22. The summed E-state index contributed by atoms with van der Waals surface area (Å²) < 4.78 is 10.6. The summed E-state index contributed by atoms with van der Waals surface area (Å²) in [6.45, 7) is 7.74. The average Bonchev–Trinajstić information content (AvgIpc) is 2.32. The van der Waals surface area contributed by atoms with E-state index in [4.69, 9.17) is 9.47 Å². The second kappa shape index (κ2) is 5.76. The van der Waals surface area contributed by atoms with Gasteiger partial charge < -0.3 is 9.47 Å². The molecule has 0 amide bonds. The topological polar surface area (TPSA) is 18.5 Å². The molecule has 0 fully saturated rings. The van der Waals surface area contributed by atoms with Crippen molar-refractivity contribution in [2.45, 2.75) is 33.3 Å². The molecule has 1 atom stereocenters. The van der Waals surface area contributed by atoms with E-state index in [2.05, 4.69) is 19.1 Å². The fourth-order valence-corrected chi connectivity index (χ4v) is 1.73. The lowest BCUT2D eigenvalue weighted by atomic mass is 9.94. The quantitative estimate of drug-likeness (QED) is 0.704. The Labute approximate surface area is 92.2 Å². The third-order valence-electron chi connectivity index (χ3n) is 2.51.